The standard InChI is InChI=1S/C10H19N/c1-2-10(11)5-7-3-8-6-9(8)4-7/h7-10H,2-6,11H2,1H3. The molecule has 3 unspecified atom stereocenters. The van der Waals surface area contributed by atoms with Crippen LogP contribution in [0.15, 0.2) is 0 Å². The Morgan fingerprint density at radius 3 is 2.45 bits per heavy atom. The molecule has 2 fully saturated rings. The summed E-state index contributed by atoms with van der Waals surface area (Å²) in [6.07, 6.45) is 6.99. The van der Waals surface area contributed by atoms with Crippen molar-refractivity contribution in [2.24, 2.45) is 23.5 Å². The molecule has 0 aromatic rings. The van der Waals surface area contributed by atoms with Crippen molar-refractivity contribution in [3.8, 4) is 0 Å². The average molecular weight is 153 g/mol. The molecule has 0 aromatic heterocycles. The maximum Gasteiger partial charge on any atom is 0.00388 e. The van der Waals surface area contributed by atoms with Gasteiger partial charge in [0, 0.05) is 6.04 Å². The lowest BCUT2D eigenvalue weighted by Crippen LogP contribution is -2.22. The van der Waals surface area contributed by atoms with E-state index in [-0.39, 0.29) is 0 Å². The average Bonchev–Trinajstić information content (AvgIpc) is 2.60. The zero-order valence-corrected chi connectivity index (χ0v) is 7.42. The van der Waals surface area contributed by atoms with Crippen molar-refractivity contribution in [1.29, 1.82) is 0 Å². The van der Waals surface area contributed by atoms with Crippen molar-refractivity contribution in [3.05, 3.63) is 0 Å². The van der Waals surface area contributed by atoms with Gasteiger partial charge in [0.1, 0.15) is 0 Å². The van der Waals surface area contributed by atoms with Crippen molar-refractivity contribution in [2.75, 3.05) is 0 Å². The van der Waals surface area contributed by atoms with E-state index in [2.05, 4.69) is 6.92 Å². The summed E-state index contributed by atoms with van der Waals surface area (Å²) in [7, 11) is 0. The van der Waals surface area contributed by atoms with Crippen molar-refractivity contribution in [2.45, 2.75) is 45.1 Å². The minimum atomic E-state index is 0.484. The van der Waals surface area contributed by atoms with Crippen LogP contribution >= 0.6 is 0 Å². The summed E-state index contributed by atoms with van der Waals surface area (Å²) in [5.74, 6) is 3.25. The van der Waals surface area contributed by atoms with Gasteiger partial charge in [-0.05, 0) is 49.9 Å². The highest BCUT2D eigenvalue weighted by Crippen LogP contribution is 2.55. The summed E-state index contributed by atoms with van der Waals surface area (Å²) in [6, 6.07) is 0.484. The highest BCUT2D eigenvalue weighted by Gasteiger charge is 2.45. The summed E-state index contributed by atoms with van der Waals surface area (Å²) in [5.41, 5.74) is 5.91. The van der Waals surface area contributed by atoms with Gasteiger partial charge in [0.25, 0.3) is 0 Å². The van der Waals surface area contributed by atoms with Crippen LogP contribution in [0.3, 0.4) is 0 Å². The molecule has 2 saturated carbocycles. The molecule has 2 aliphatic rings. The summed E-state index contributed by atoms with van der Waals surface area (Å²) in [4.78, 5) is 0. The molecule has 0 radical (unpaired) electrons. The molecule has 0 heterocycles. The van der Waals surface area contributed by atoms with Gasteiger partial charge in [0.05, 0.1) is 0 Å². The molecule has 2 aliphatic carbocycles. The van der Waals surface area contributed by atoms with Crippen LogP contribution < -0.4 is 5.73 Å². The lowest BCUT2D eigenvalue weighted by Gasteiger charge is -2.15. The van der Waals surface area contributed by atoms with E-state index in [0.29, 0.717) is 6.04 Å². The fourth-order valence-electron chi connectivity index (χ4n) is 2.63. The van der Waals surface area contributed by atoms with Gasteiger partial charge in [0.15, 0.2) is 0 Å². The lowest BCUT2D eigenvalue weighted by atomic mass is 9.94. The number of fused-ring (bicyclic) bond motifs is 1. The van der Waals surface area contributed by atoms with Gasteiger partial charge in [-0.25, -0.2) is 0 Å². The zero-order valence-electron chi connectivity index (χ0n) is 7.42. The molecular formula is C10H19N. The molecular weight excluding hydrogens is 134 g/mol. The molecule has 1 heteroatoms. The van der Waals surface area contributed by atoms with E-state index in [9.17, 15) is 0 Å². The Balaban J connectivity index is 1.71. The third kappa shape index (κ3) is 1.58. The van der Waals surface area contributed by atoms with Crippen LogP contribution in [0.1, 0.15) is 39.0 Å². The number of hydrogen-bond acceptors (Lipinski definition) is 1. The number of nitrogens with two attached hydrogens (primary N) is 1. The van der Waals surface area contributed by atoms with E-state index in [0.717, 1.165) is 24.2 Å². The molecule has 2 rings (SSSR count). The predicted molar refractivity (Wildman–Crippen MR) is 47.2 cm³/mol. The first kappa shape index (κ1) is 7.60. The number of hydrogen-bond donors (Lipinski definition) is 1. The second-order valence-corrected chi connectivity index (χ2v) is 4.50. The second-order valence-electron chi connectivity index (χ2n) is 4.50. The Kier molecular flexibility index (Phi) is 1.92. The molecule has 3 atom stereocenters. The molecule has 1 nitrogen and oxygen atoms in total. The maximum atomic E-state index is 5.91. The van der Waals surface area contributed by atoms with Crippen LogP contribution in [0.2, 0.25) is 0 Å². The first-order chi connectivity index (χ1) is 5.29. The number of rotatable bonds is 3. The van der Waals surface area contributed by atoms with E-state index in [1.54, 1.807) is 0 Å². The molecule has 0 aromatic carbocycles. The first-order valence-electron chi connectivity index (χ1n) is 5.05. The van der Waals surface area contributed by atoms with E-state index in [1.807, 2.05) is 0 Å². The third-order valence-corrected chi connectivity index (χ3v) is 3.50. The Morgan fingerprint density at radius 1 is 1.27 bits per heavy atom. The molecule has 11 heavy (non-hydrogen) atoms. The Bertz CT molecular complexity index is 134. The van der Waals surface area contributed by atoms with Gasteiger partial charge in [-0.2, -0.15) is 0 Å². The topological polar surface area (TPSA) is 26.0 Å². The summed E-state index contributed by atoms with van der Waals surface area (Å²) < 4.78 is 0. The zero-order chi connectivity index (χ0) is 7.84. The third-order valence-electron chi connectivity index (χ3n) is 3.50. The smallest absolute Gasteiger partial charge is 0.00388 e. The second kappa shape index (κ2) is 2.78. The highest BCUT2D eigenvalue weighted by atomic mass is 14.6. The van der Waals surface area contributed by atoms with E-state index >= 15 is 0 Å². The van der Waals surface area contributed by atoms with Gasteiger partial charge in [-0.15, -0.1) is 0 Å². The predicted octanol–water partition coefficient (Wildman–Crippen LogP) is 2.16. The quantitative estimate of drug-likeness (QED) is 0.660. The Morgan fingerprint density at radius 2 is 1.91 bits per heavy atom. The van der Waals surface area contributed by atoms with Crippen molar-refractivity contribution >= 4 is 0 Å². The van der Waals surface area contributed by atoms with Crippen LogP contribution in [0.25, 0.3) is 0 Å². The molecule has 0 spiro atoms. The van der Waals surface area contributed by atoms with Gasteiger partial charge in [-0.3, -0.25) is 0 Å². The minimum Gasteiger partial charge on any atom is -0.328 e. The first-order valence-corrected chi connectivity index (χ1v) is 5.05. The van der Waals surface area contributed by atoms with E-state index < -0.39 is 0 Å². The van der Waals surface area contributed by atoms with Gasteiger partial charge in [0.2, 0.25) is 0 Å². The summed E-state index contributed by atoms with van der Waals surface area (Å²) in [5, 5.41) is 0. The van der Waals surface area contributed by atoms with Crippen molar-refractivity contribution in [3.63, 3.8) is 0 Å². The van der Waals surface area contributed by atoms with E-state index in [4.69, 9.17) is 5.73 Å². The molecule has 0 saturated heterocycles. The summed E-state index contributed by atoms with van der Waals surface area (Å²) in [6.45, 7) is 2.19. The highest BCUT2D eigenvalue weighted by molar-refractivity contribution is 4.96. The SMILES string of the molecule is CCC(N)CC1CC2CC2C1. The fraction of sp³-hybridized carbons (Fsp3) is 1.00. The van der Waals surface area contributed by atoms with Crippen LogP contribution in [0.4, 0.5) is 0 Å². The molecule has 0 bridgehead atoms. The van der Waals surface area contributed by atoms with Gasteiger partial charge >= 0.3 is 0 Å². The maximum absolute atomic E-state index is 5.91. The van der Waals surface area contributed by atoms with E-state index in [1.165, 1.54) is 25.7 Å². The Labute approximate surface area is 69.4 Å². The summed E-state index contributed by atoms with van der Waals surface area (Å²) >= 11 is 0. The fourth-order valence-corrected chi connectivity index (χ4v) is 2.63. The van der Waals surface area contributed by atoms with Crippen LogP contribution in [-0.2, 0) is 0 Å². The molecule has 0 amide bonds. The van der Waals surface area contributed by atoms with Crippen LogP contribution in [0, 0.1) is 17.8 Å². The monoisotopic (exact) mass is 153 g/mol. The normalized spacial score (nSPS) is 43.6. The van der Waals surface area contributed by atoms with Crippen LogP contribution in [0.5, 0.6) is 0 Å². The molecule has 2 N–H and O–H groups in total. The van der Waals surface area contributed by atoms with Crippen LogP contribution in [-0.4, -0.2) is 6.04 Å². The van der Waals surface area contributed by atoms with Crippen molar-refractivity contribution in [1.82, 2.24) is 0 Å². The lowest BCUT2D eigenvalue weighted by molar-refractivity contribution is 0.402. The minimum absolute atomic E-state index is 0.484. The van der Waals surface area contributed by atoms with Gasteiger partial charge in [-0.1, -0.05) is 6.92 Å². The molecule has 0 aliphatic heterocycles. The van der Waals surface area contributed by atoms with Gasteiger partial charge < -0.3 is 5.73 Å². The van der Waals surface area contributed by atoms with Crippen molar-refractivity contribution < 1.29 is 0 Å². The molecule has 64 valence electrons. The largest absolute Gasteiger partial charge is 0.328 e. The Hall–Kier alpha value is -0.0400.